The van der Waals surface area contributed by atoms with Crippen LogP contribution in [0.25, 0.3) is 0 Å². The van der Waals surface area contributed by atoms with Crippen LogP contribution < -0.4 is 4.74 Å². The molecule has 1 aliphatic heterocycles. The van der Waals surface area contributed by atoms with Gasteiger partial charge in [0.1, 0.15) is 19.1 Å². The van der Waals surface area contributed by atoms with Crippen LogP contribution in [0.15, 0.2) is 28.3 Å². The normalized spacial score (nSPS) is 25.6. The van der Waals surface area contributed by atoms with E-state index >= 15 is 0 Å². The second-order valence-electron chi connectivity index (χ2n) is 12.2. The van der Waals surface area contributed by atoms with Crippen LogP contribution in [-0.4, -0.2) is 59.4 Å². The minimum Gasteiger partial charge on any atom is -0.496 e. The molecular weight excluding hydrogens is 466 g/mol. The quantitative estimate of drug-likeness (QED) is 0.211. The molecule has 0 saturated heterocycles. The summed E-state index contributed by atoms with van der Waals surface area (Å²) in [6.07, 6.45) is 3.96. The summed E-state index contributed by atoms with van der Waals surface area (Å²) in [6, 6.07) is 4.80. The highest BCUT2D eigenvalue weighted by Crippen LogP contribution is 2.56. The van der Waals surface area contributed by atoms with Gasteiger partial charge in [0.2, 0.25) is 0 Å². The van der Waals surface area contributed by atoms with Gasteiger partial charge in [0.15, 0.2) is 5.90 Å². The van der Waals surface area contributed by atoms with E-state index in [9.17, 15) is 0 Å². The van der Waals surface area contributed by atoms with Gasteiger partial charge in [0, 0.05) is 7.11 Å². The zero-order valence-electron chi connectivity index (χ0n) is 24.2. The second-order valence-corrected chi connectivity index (χ2v) is 12.2. The number of allylic oxidation sites excluding steroid dienone is 1. The number of nitrogens with zero attached hydrogens (tertiary/aromatic N) is 1. The highest BCUT2D eigenvalue weighted by Gasteiger charge is 2.54. The fourth-order valence-electron chi connectivity index (χ4n) is 6.46. The van der Waals surface area contributed by atoms with Crippen LogP contribution in [0.5, 0.6) is 5.75 Å². The van der Waals surface area contributed by atoms with Gasteiger partial charge in [-0.05, 0) is 72.1 Å². The van der Waals surface area contributed by atoms with E-state index in [1.165, 1.54) is 27.8 Å². The zero-order chi connectivity index (χ0) is 26.8. The smallest absolute Gasteiger partial charge is 0.195 e. The molecule has 0 bridgehead atoms. The fourth-order valence-corrected chi connectivity index (χ4v) is 6.46. The topological polar surface area (TPSA) is 58.5 Å². The Morgan fingerprint density at radius 3 is 2.54 bits per heavy atom. The van der Waals surface area contributed by atoms with Crippen LogP contribution in [0, 0.1) is 11.3 Å². The van der Waals surface area contributed by atoms with Crippen molar-refractivity contribution in [1.29, 1.82) is 0 Å². The van der Waals surface area contributed by atoms with Gasteiger partial charge in [-0.3, -0.25) is 0 Å². The Morgan fingerprint density at radius 2 is 1.89 bits per heavy atom. The molecule has 6 nitrogen and oxygen atoms in total. The van der Waals surface area contributed by atoms with Crippen molar-refractivity contribution in [1.82, 2.24) is 0 Å². The number of rotatable bonds is 10. The SMILES string of the molecule is COCCOCOCC1=C(C)[C@H]2CCc3c(ccc(C(C)C)c3OC)[C@]2(C2=N[C@@H](C(C)(C)C)CO2)CC1. The molecule has 37 heavy (non-hydrogen) atoms. The van der Waals surface area contributed by atoms with Gasteiger partial charge in [0.25, 0.3) is 0 Å². The van der Waals surface area contributed by atoms with Gasteiger partial charge in [-0.25, -0.2) is 4.99 Å². The van der Waals surface area contributed by atoms with Gasteiger partial charge >= 0.3 is 0 Å². The molecule has 3 atom stereocenters. The average molecular weight is 514 g/mol. The molecule has 1 aromatic carbocycles. The van der Waals surface area contributed by atoms with Gasteiger partial charge in [0.05, 0.1) is 38.4 Å². The third-order valence-electron chi connectivity index (χ3n) is 8.68. The standard InChI is InChI=1S/C31H47NO5/c1-20(2)23-9-12-26-24(28(23)34-8)10-11-25-21(3)22(17-36-19-35-16-15-33-7)13-14-31(25,26)29-32-27(18-37-29)30(4,5)6/h9,12,20,25,27H,10-11,13-19H2,1-8H3/t25-,27-,31+/m1/s1. The van der Waals surface area contributed by atoms with E-state index in [1.54, 1.807) is 7.11 Å². The third kappa shape index (κ3) is 5.35. The maximum Gasteiger partial charge on any atom is 0.195 e. The maximum absolute atomic E-state index is 6.54. The van der Waals surface area contributed by atoms with Crippen molar-refractivity contribution in [3.05, 3.63) is 40.0 Å². The Morgan fingerprint density at radius 1 is 1.11 bits per heavy atom. The molecule has 0 aromatic heterocycles. The molecular formula is C31H47NO5. The summed E-state index contributed by atoms with van der Waals surface area (Å²) in [5.74, 6) is 2.72. The molecule has 0 radical (unpaired) electrons. The van der Waals surface area contributed by atoms with E-state index in [1.807, 2.05) is 7.11 Å². The lowest BCUT2D eigenvalue weighted by Gasteiger charge is -2.49. The first-order valence-electron chi connectivity index (χ1n) is 13.9. The van der Waals surface area contributed by atoms with E-state index < -0.39 is 0 Å². The van der Waals surface area contributed by atoms with E-state index in [2.05, 4.69) is 53.7 Å². The number of methoxy groups -OCH3 is 2. The average Bonchev–Trinajstić information content (AvgIpc) is 3.38. The summed E-state index contributed by atoms with van der Waals surface area (Å²) >= 11 is 0. The minimum absolute atomic E-state index is 0.0614. The van der Waals surface area contributed by atoms with Crippen LogP contribution in [0.4, 0.5) is 0 Å². The first-order chi connectivity index (χ1) is 17.6. The van der Waals surface area contributed by atoms with Gasteiger partial charge in [-0.1, -0.05) is 52.3 Å². The highest BCUT2D eigenvalue weighted by atomic mass is 16.7. The molecule has 2 aliphatic carbocycles. The van der Waals surface area contributed by atoms with E-state index in [4.69, 9.17) is 28.7 Å². The largest absolute Gasteiger partial charge is 0.496 e. The number of benzene rings is 1. The van der Waals surface area contributed by atoms with Crippen molar-refractivity contribution in [2.75, 3.05) is 47.4 Å². The lowest BCUT2D eigenvalue weighted by atomic mass is 9.55. The Hall–Kier alpha value is -1.89. The predicted octanol–water partition coefficient (Wildman–Crippen LogP) is 6.21. The van der Waals surface area contributed by atoms with Crippen molar-refractivity contribution in [2.45, 2.75) is 84.6 Å². The summed E-state index contributed by atoms with van der Waals surface area (Å²) in [5, 5.41) is 0. The molecule has 0 fully saturated rings. The van der Waals surface area contributed by atoms with Crippen molar-refractivity contribution < 1.29 is 23.7 Å². The number of hydrogen-bond acceptors (Lipinski definition) is 6. The molecule has 0 unspecified atom stereocenters. The molecule has 0 N–H and O–H groups in total. The molecule has 0 amide bonds. The van der Waals surface area contributed by atoms with Crippen LogP contribution in [0.3, 0.4) is 0 Å². The van der Waals surface area contributed by atoms with Crippen LogP contribution in [-0.2, 0) is 30.8 Å². The Kier molecular flexibility index (Phi) is 8.72. The summed E-state index contributed by atoms with van der Waals surface area (Å²) in [7, 11) is 3.49. The maximum atomic E-state index is 6.54. The summed E-state index contributed by atoms with van der Waals surface area (Å²) in [4.78, 5) is 5.30. The number of fused-ring (bicyclic) bond motifs is 3. The first-order valence-corrected chi connectivity index (χ1v) is 13.9. The van der Waals surface area contributed by atoms with Crippen molar-refractivity contribution in [2.24, 2.45) is 16.3 Å². The predicted molar refractivity (Wildman–Crippen MR) is 148 cm³/mol. The molecule has 206 valence electrons. The summed E-state index contributed by atoms with van der Waals surface area (Å²) in [5.41, 5.74) is 6.57. The third-order valence-corrected chi connectivity index (χ3v) is 8.68. The Balaban J connectivity index is 1.73. The van der Waals surface area contributed by atoms with Crippen LogP contribution in [0.2, 0.25) is 0 Å². The molecule has 0 saturated carbocycles. The Labute approximate surface area is 223 Å². The summed E-state index contributed by atoms with van der Waals surface area (Å²) in [6.45, 7) is 16.2. The van der Waals surface area contributed by atoms with Crippen molar-refractivity contribution in [3.63, 3.8) is 0 Å². The number of aliphatic imine (C=N–C) groups is 1. The zero-order valence-corrected chi connectivity index (χ0v) is 24.2. The summed E-state index contributed by atoms with van der Waals surface area (Å²) < 4.78 is 29.1. The molecule has 1 aromatic rings. The molecule has 3 aliphatic rings. The second kappa shape index (κ2) is 11.5. The van der Waals surface area contributed by atoms with Crippen LogP contribution in [0.1, 0.15) is 83.4 Å². The number of hydrogen-bond donors (Lipinski definition) is 0. The molecule has 1 heterocycles. The van der Waals surface area contributed by atoms with E-state index in [-0.39, 0.29) is 23.7 Å². The van der Waals surface area contributed by atoms with Gasteiger partial charge in [-0.2, -0.15) is 0 Å². The Bertz CT molecular complexity index is 1020. The molecule has 6 heteroatoms. The lowest BCUT2D eigenvalue weighted by molar-refractivity contribution is -0.0599. The fraction of sp³-hybridized carbons (Fsp3) is 0.710. The monoisotopic (exact) mass is 513 g/mol. The lowest BCUT2D eigenvalue weighted by Crippen LogP contribution is -2.49. The number of ether oxygens (including phenoxy) is 5. The van der Waals surface area contributed by atoms with Crippen LogP contribution >= 0.6 is 0 Å². The first kappa shape index (κ1) is 28.1. The van der Waals surface area contributed by atoms with Gasteiger partial charge in [-0.15, -0.1) is 0 Å². The molecule has 4 rings (SSSR count). The van der Waals surface area contributed by atoms with Crippen molar-refractivity contribution >= 4 is 5.90 Å². The van der Waals surface area contributed by atoms with E-state index in [0.29, 0.717) is 38.3 Å². The highest BCUT2D eigenvalue weighted by molar-refractivity contribution is 5.92. The van der Waals surface area contributed by atoms with E-state index in [0.717, 1.165) is 37.3 Å². The van der Waals surface area contributed by atoms with Gasteiger partial charge < -0.3 is 23.7 Å². The minimum atomic E-state index is -0.265. The molecule has 0 spiro atoms. The van der Waals surface area contributed by atoms with Crippen molar-refractivity contribution in [3.8, 4) is 5.75 Å².